The molecule has 0 atom stereocenters. The number of carbonyl (C=O) groups excluding carboxylic acids is 1. The van der Waals surface area contributed by atoms with Crippen LogP contribution in [-0.4, -0.2) is 37.2 Å². The fraction of sp³-hybridized carbons (Fsp3) is 0.182. The molecular weight excluding hydrogens is 356 g/mol. The molecule has 0 bridgehead atoms. The van der Waals surface area contributed by atoms with Crippen LogP contribution in [0.1, 0.15) is 16.1 Å². The zero-order valence-corrected chi connectivity index (χ0v) is 15.9. The van der Waals surface area contributed by atoms with Gasteiger partial charge in [-0.15, -0.1) is 0 Å². The van der Waals surface area contributed by atoms with Gasteiger partial charge in [-0.25, -0.2) is 0 Å². The number of hydrogen-bond donors (Lipinski definition) is 0. The minimum atomic E-state index is 0.418. The lowest BCUT2D eigenvalue weighted by molar-refractivity contribution is 0.112. The normalized spacial score (nSPS) is 11.0. The Kier molecular flexibility index (Phi) is 4.61. The van der Waals surface area contributed by atoms with Crippen LogP contribution in [0.2, 0.25) is 0 Å². The molecule has 0 spiro atoms. The number of benzene rings is 2. The first-order valence-electron chi connectivity index (χ1n) is 8.81. The molecule has 2 aromatic heterocycles. The molecule has 28 heavy (non-hydrogen) atoms. The van der Waals surface area contributed by atoms with Gasteiger partial charge in [-0.3, -0.25) is 9.78 Å². The molecule has 6 nitrogen and oxygen atoms in total. The van der Waals surface area contributed by atoms with Crippen LogP contribution in [0, 0.1) is 0 Å². The van der Waals surface area contributed by atoms with Crippen molar-refractivity contribution in [2.24, 2.45) is 0 Å². The van der Waals surface area contributed by atoms with Gasteiger partial charge in [0.2, 0.25) is 5.75 Å². The Balaban J connectivity index is 1.96. The molecule has 2 aromatic carbocycles. The first-order valence-corrected chi connectivity index (χ1v) is 8.81. The standard InChI is InChI=1S/C22H20N2O4/c1-26-19-10-14(11-20(27-2)22(19)28-3)12-24-18-7-5-4-6-15(18)16-8-9-23-17(13-25)21(16)24/h4-11,13H,12H2,1-3H3. The van der Waals surface area contributed by atoms with Crippen molar-refractivity contribution in [2.75, 3.05) is 21.3 Å². The van der Waals surface area contributed by atoms with Gasteiger partial charge in [0.1, 0.15) is 5.69 Å². The van der Waals surface area contributed by atoms with Gasteiger partial charge >= 0.3 is 0 Å². The molecule has 0 fully saturated rings. The summed E-state index contributed by atoms with van der Waals surface area (Å²) in [5.74, 6) is 1.73. The van der Waals surface area contributed by atoms with Crippen LogP contribution in [0.3, 0.4) is 0 Å². The number of carbonyl (C=O) groups is 1. The quantitative estimate of drug-likeness (QED) is 0.475. The Hall–Kier alpha value is -3.54. The number of methoxy groups -OCH3 is 3. The maximum atomic E-state index is 11.7. The summed E-state index contributed by atoms with van der Waals surface area (Å²) in [6.07, 6.45) is 2.47. The average Bonchev–Trinajstić information content (AvgIpc) is 3.07. The van der Waals surface area contributed by atoms with Crippen LogP contribution in [0.5, 0.6) is 17.2 Å². The van der Waals surface area contributed by atoms with Crippen molar-refractivity contribution in [3.8, 4) is 17.2 Å². The summed E-state index contributed by atoms with van der Waals surface area (Å²) in [6, 6.07) is 13.8. The number of aldehydes is 1. The smallest absolute Gasteiger partial charge is 0.203 e. The number of hydrogen-bond acceptors (Lipinski definition) is 5. The van der Waals surface area contributed by atoms with Crippen molar-refractivity contribution in [1.82, 2.24) is 9.55 Å². The number of fused-ring (bicyclic) bond motifs is 3. The monoisotopic (exact) mass is 376 g/mol. The molecule has 0 saturated heterocycles. The maximum absolute atomic E-state index is 11.7. The second kappa shape index (κ2) is 7.23. The molecule has 0 aliphatic carbocycles. The largest absolute Gasteiger partial charge is 0.493 e. The van der Waals surface area contributed by atoms with Crippen molar-refractivity contribution < 1.29 is 19.0 Å². The molecule has 4 aromatic rings. The maximum Gasteiger partial charge on any atom is 0.203 e. The van der Waals surface area contributed by atoms with E-state index in [-0.39, 0.29) is 0 Å². The van der Waals surface area contributed by atoms with Crippen LogP contribution in [-0.2, 0) is 6.54 Å². The third kappa shape index (κ3) is 2.74. The summed E-state index contributed by atoms with van der Waals surface area (Å²) in [5.41, 5.74) is 3.22. The van der Waals surface area contributed by atoms with Crippen molar-refractivity contribution >= 4 is 28.1 Å². The highest BCUT2D eigenvalue weighted by atomic mass is 16.5. The number of ether oxygens (including phenoxy) is 3. The molecule has 0 aliphatic rings. The van der Waals surface area contributed by atoms with E-state index < -0.39 is 0 Å². The SMILES string of the molecule is COc1cc(Cn2c3ccccc3c3ccnc(C=O)c32)cc(OC)c1OC. The molecule has 0 saturated carbocycles. The Morgan fingerprint density at radius 1 is 0.964 bits per heavy atom. The molecule has 6 heteroatoms. The minimum Gasteiger partial charge on any atom is -0.493 e. The van der Waals surface area contributed by atoms with E-state index >= 15 is 0 Å². The molecule has 2 heterocycles. The topological polar surface area (TPSA) is 62.6 Å². The van der Waals surface area contributed by atoms with E-state index in [4.69, 9.17) is 14.2 Å². The predicted molar refractivity (Wildman–Crippen MR) is 108 cm³/mol. The highest BCUT2D eigenvalue weighted by molar-refractivity contribution is 6.11. The van der Waals surface area contributed by atoms with Gasteiger partial charge < -0.3 is 18.8 Å². The minimum absolute atomic E-state index is 0.418. The van der Waals surface area contributed by atoms with E-state index in [1.165, 1.54) is 0 Å². The lowest BCUT2D eigenvalue weighted by Gasteiger charge is -2.15. The van der Waals surface area contributed by atoms with E-state index in [9.17, 15) is 4.79 Å². The van der Waals surface area contributed by atoms with Crippen molar-refractivity contribution in [3.05, 3.63) is 59.9 Å². The van der Waals surface area contributed by atoms with Crippen LogP contribution in [0.25, 0.3) is 21.8 Å². The molecule has 0 unspecified atom stereocenters. The molecule has 0 amide bonds. The summed E-state index contributed by atoms with van der Waals surface area (Å²) in [6.45, 7) is 0.521. The lowest BCUT2D eigenvalue weighted by Crippen LogP contribution is -2.04. The van der Waals surface area contributed by atoms with Gasteiger partial charge in [0, 0.05) is 29.0 Å². The second-order valence-electron chi connectivity index (χ2n) is 6.35. The van der Waals surface area contributed by atoms with E-state index in [0.29, 0.717) is 29.5 Å². The van der Waals surface area contributed by atoms with Gasteiger partial charge in [0.25, 0.3) is 0 Å². The molecule has 0 N–H and O–H groups in total. The molecule has 0 radical (unpaired) electrons. The van der Waals surface area contributed by atoms with Crippen molar-refractivity contribution in [1.29, 1.82) is 0 Å². The Morgan fingerprint density at radius 2 is 1.68 bits per heavy atom. The molecule has 142 valence electrons. The van der Waals surface area contributed by atoms with E-state index in [1.54, 1.807) is 27.5 Å². The summed E-state index contributed by atoms with van der Waals surface area (Å²) in [4.78, 5) is 15.9. The third-order valence-corrected chi connectivity index (χ3v) is 4.88. The first kappa shape index (κ1) is 17.9. The Bertz CT molecular complexity index is 1160. The predicted octanol–water partition coefficient (Wildman–Crippen LogP) is 4.08. The van der Waals surface area contributed by atoms with Gasteiger partial charge in [-0.05, 0) is 29.8 Å². The number of pyridine rings is 1. The zero-order valence-electron chi connectivity index (χ0n) is 15.9. The molecule has 4 rings (SSSR count). The highest BCUT2D eigenvalue weighted by Gasteiger charge is 2.17. The first-order chi connectivity index (χ1) is 13.7. The van der Waals surface area contributed by atoms with Gasteiger partial charge in [-0.1, -0.05) is 18.2 Å². The molecule has 0 aliphatic heterocycles. The summed E-state index contributed by atoms with van der Waals surface area (Å²) in [5, 5.41) is 2.08. The van der Waals surface area contributed by atoms with E-state index in [1.807, 2.05) is 36.4 Å². The van der Waals surface area contributed by atoms with E-state index in [2.05, 4.69) is 15.6 Å². The van der Waals surface area contributed by atoms with Crippen LogP contribution < -0.4 is 14.2 Å². The summed E-state index contributed by atoms with van der Waals surface area (Å²) < 4.78 is 18.5. The van der Waals surface area contributed by atoms with Gasteiger partial charge in [-0.2, -0.15) is 0 Å². The van der Waals surface area contributed by atoms with E-state index in [0.717, 1.165) is 33.7 Å². The fourth-order valence-electron chi connectivity index (χ4n) is 3.69. The Labute approximate surface area is 162 Å². The van der Waals surface area contributed by atoms with Crippen LogP contribution in [0.4, 0.5) is 0 Å². The second-order valence-corrected chi connectivity index (χ2v) is 6.35. The van der Waals surface area contributed by atoms with Gasteiger partial charge in [0.15, 0.2) is 17.8 Å². The third-order valence-electron chi connectivity index (χ3n) is 4.88. The number of aromatic nitrogens is 2. The number of nitrogens with zero attached hydrogens (tertiary/aromatic N) is 2. The van der Waals surface area contributed by atoms with Crippen molar-refractivity contribution in [2.45, 2.75) is 6.54 Å². The van der Waals surface area contributed by atoms with Crippen LogP contribution in [0.15, 0.2) is 48.7 Å². The average molecular weight is 376 g/mol. The summed E-state index contributed by atoms with van der Waals surface area (Å²) in [7, 11) is 4.76. The van der Waals surface area contributed by atoms with Crippen molar-refractivity contribution in [3.63, 3.8) is 0 Å². The number of rotatable bonds is 6. The van der Waals surface area contributed by atoms with Crippen LogP contribution >= 0.6 is 0 Å². The Morgan fingerprint density at radius 3 is 2.32 bits per heavy atom. The fourth-order valence-corrected chi connectivity index (χ4v) is 3.69. The number of para-hydroxylation sites is 1. The molecular formula is C22H20N2O4. The lowest BCUT2D eigenvalue weighted by atomic mass is 10.1. The van der Waals surface area contributed by atoms with Gasteiger partial charge in [0.05, 0.1) is 26.8 Å². The zero-order chi connectivity index (χ0) is 19.7. The summed E-state index contributed by atoms with van der Waals surface area (Å²) >= 11 is 0. The highest BCUT2D eigenvalue weighted by Crippen LogP contribution is 2.39.